The number of rotatable bonds is 4. The Bertz CT molecular complexity index is 704. The van der Waals surface area contributed by atoms with Gasteiger partial charge >= 0.3 is 0 Å². The number of alkyl halides is 1. The summed E-state index contributed by atoms with van der Waals surface area (Å²) in [6.45, 7) is 3.32. The van der Waals surface area contributed by atoms with Crippen LogP contribution in [0.1, 0.15) is 16.7 Å². The molecule has 0 aliphatic rings. The van der Waals surface area contributed by atoms with Crippen LogP contribution in [0, 0.1) is 29.8 Å². The number of hydrogen-bond acceptors (Lipinski definition) is 3. The van der Waals surface area contributed by atoms with Crippen LogP contribution in [0.3, 0.4) is 0 Å². The normalized spacial score (nSPS) is 10.5. The summed E-state index contributed by atoms with van der Waals surface area (Å²) in [5.74, 6) is 0.484. The Hall–Kier alpha value is -2.14. The Morgan fingerprint density at radius 3 is 2.52 bits per heavy atom. The van der Waals surface area contributed by atoms with Crippen LogP contribution in [0.25, 0.3) is 0 Å². The molecule has 0 aliphatic heterocycles. The number of nitro groups is 1. The molecular formula is C15H13ClFNO3. The van der Waals surface area contributed by atoms with E-state index in [1.165, 1.54) is 18.2 Å². The van der Waals surface area contributed by atoms with E-state index in [-0.39, 0.29) is 11.6 Å². The molecule has 0 saturated carbocycles. The highest BCUT2D eigenvalue weighted by atomic mass is 35.5. The quantitative estimate of drug-likeness (QED) is 0.459. The molecule has 2 aromatic rings. The van der Waals surface area contributed by atoms with E-state index >= 15 is 0 Å². The highest BCUT2D eigenvalue weighted by Gasteiger charge is 2.14. The van der Waals surface area contributed by atoms with E-state index in [1.807, 2.05) is 0 Å². The van der Waals surface area contributed by atoms with Gasteiger partial charge in [-0.3, -0.25) is 10.1 Å². The maximum atomic E-state index is 13.4. The lowest BCUT2D eigenvalue weighted by atomic mass is 10.1. The van der Waals surface area contributed by atoms with Crippen molar-refractivity contribution in [3.05, 3.63) is 63.0 Å². The lowest BCUT2D eigenvalue weighted by molar-refractivity contribution is -0.385. The van der Waals surface area contributed by atoms with Gasteiger partial charge in [0, 0.05) is 23.6 Å². The fourth-order valence-electron chi connectivity index (χ4n) is 1.96. The van der Waals surface area contributed by atoms with Crippen LogP contribution in [0.5, 0.6) is 11.5 Å². The predicted octanol–water partition coefficient (Wildman–Crippen LogP) is 4.88. The van der Waals surface area contributed by atoms with Crippen LogP contribution in [0.15, 0.2) is 30.3 Å². The molecule has 0 spiro atoms. The molecule has 0 fully saturated rings. The molecule has 0 atom stereocenters. The lowest BCUT2D eigenvalue weighted by Crippen LogP contribution is -1.96. The molecule has 0 unspecified atom stereocenters. The molecule has 0 amide bonds. The number of halogens is 2. The van der Waals surface area contributed by atoms with Gasteiger partial charge in [0.05, 0.1) is 4.92 Å². The Kier molecular flexibility index (Phi) is 4.43. The summed E-state index contributed by atoms with van der Waals surface area (Å²) in [6.07, 6.45) is 0. The molecule has 2 rings (SSSR count). The van der Waals surface area contributed by atoms with Crippen LogP contribution in [-0.4, -0.2) is 4.92 Å². The average molecular weight is 310 g/mol. The van der Waals surface area contributed by atoms with Gasteiger partial charge in [-0.1, -0.05) is 0 Å². The second-order valence-electron chi connectivity index (χ2n) is 4.69. The first-order valence-corrected chi connectivity index (χ1v) is 6.73. The van der Waals surface area contributed by atoms with E-state index in [4.69, 9.17) is 16.3 Å². The van der Waals surface area contributed by atoms with Gasteiger partial charge in [-0.05, 0) is 43.2 Å². The summed E-state index contributed by atoms with van der Waals surface area (Å²) in [7, 11) is 0. The number of benzene rings is 2. The van der Waals surface area contributed by atoms with Gasteiger partial charge in [-0.2, -0.15) is 0 Å². The zero-order valence-electron chi connectivity index (χ0n) is 11.5. The topological polar surface area (TPSA) is 52.4 Å². The van der Waals surface area contributed by atoms with Crippen molar-refractivity contribution in [3.8, 4) is 11.5 Å². The van der Waals surface area contributed by atoms with E-state index in [2.05, 4.69) is 0 Å². The Balaban J connectivity index is 2.38. The Labute approximate surface area is 126 Å². The maximum absolute atomic E-state index is 13.4. The molecule has 0 aliphatic carbocycles. The van der Waals surface area contributed by atoms with Gasteiger partial charge in [0.25, 0.3) is 5.69 Å². The van der Waals surface area contributed by atoms with E-state index < -0.39 is 10.7 Å². The fourth-order valence-corrected chi connectivity index (χ4v) is 2.12. The molecule has 0 saturated heterocycles. The molecule has 0 bridgehead atoms. The van der Waals surface area contributed by atoms with Gasteiger partial charge in [0.1, 0.15) is 17.3 Å². The summed E-state index contributed by atoms with van der Waals surface area (Å²) in [4.78, 5) is 10.4. The molecule has 0 heterocycles. The van der Waals surface area contributed by atoms with Crippen LogP contribution >= 0.6 is 11.6 Å². The molecule has 110 valence electrons. The lowest BCUT2D eigenvalue weighted by Gasteiger charge is -2.11. The first-order chi connectivity index (χ1) is 9.90. The van der Waals surface area contributed by atoms with Gasteiger partial charge in [0.2, 0.25) is 0 Å². The molecule has 0 aromatic heterocycles. The van der Waals surface area contributed by atoms with Crippen molar-refractivity contribution in [1.82, 2.24) is 0 Å². The van der Waals surface area contributed by atoms with Gasteiger partial charge < -0.3 is 4.74 Å². The summed E-state index contributed by atoms with van der Waals surface area (Å²) in [5.41, 5.74) is 1.71. The number of hydrogen-bond donors (Lipinski definition) is 0. The SMILES string of the molecule is Cc1cc([N+](=O)[O-])c(C)cc1Oc1cc(F)cc(CCl)c1. The predicted molar refractivity (Wildman–Crippen MR) is 78.6 cm³/mol. The number of nitro benzene ring substituents is 1. The van der Waals surface area contributed by atoms with Crippen molar-refractivity contribution >= 4 is 17.3 Å². The molecule has 2 aromatic carbocycles. The molecular weight excluding hydrogens is 297 g/mol. The van der Waals surface area contributed by atoms with Crippen LogP contribution in [-0.2, 0) is 5.88 Å². The molecule has 0 radical (unpaired) electrons. The van der Waals surface area contributed by atoms with Crippen molar-refractivity contribution in [2.24, 2.45) is 0 Å². The first kappa shape index (κ1) is 15.3. The molecule has 21 heavy (non-hydrogen) atoms. The summed E-state index contributed by atoms with van der Waals surface area (Å²) in [5, 5.41) is 10.9. The minimum atomic E-state index is -0.445. The second-order valence-corrected chi connectivity index (χ2v) is 4.96. The summed E-state index contributed by atoms with van der Waals surface area (Å²) < 4.78 is 19.1. The van der Waals surface area contributed by atoms with Crippen molar-refractivity contribution in [2.45, 2.75) is 19.7 Å². The largest absolute Gasteiger partial charge is 0.457 e. The summed E-state index contributed by atoms with van der Waals surface area (Å²) in [6, 6.07) is 7.21. The van der Waals surface area contributed by atoms with Crippen LogP contribution < -0.4 is 4.74 Å². The third-order valence-electron chi connectivity index (χ3n) is 3.00. The summed E-state index contributed by atoms with van der Waals surface area (Å²) >= 11 is 5.69. The van der Waals surface area contributed by atoms with Crippen molar-refractivity contribution in [2.75, 3.05) is 0 Å². The fraction of sp³-hybridized carbons (Fsp3) is 0.200. The van der Waals surface area contributed by atoms with Crippen molar-refractivity contribution in [3.63, 3.8) is 0 Å². The minimum absolute atomic E-state index is 0.0283. The van der Waals surface area contributed by atoms with E-state index in [1.54, 1.807) is 26.0 Å². The standard InChI is InChI=1S/C15H13ClFNO3/c1-9-4-15(10(2)3-14(9)18(19)20)21-13-6-11(8-16)5-12(17)7-13/h3-7H,8H2,1-2H3. The minimum Gasteiger partial charge on any atom is -0.457 e. The zero-order chi connectivity index (χ0) is 15.6. The van der Waals surface area contributed by atoms with E-state index in [9.17, 15) is 14.5 Å². The van der Waals surface area contributed by atoms with Crippen molar-refractivity contribution < 1.29 is 14.1 Å². The molecule has 6 heteroatoms. The molecule has 4 nitrogen and oxygen atoms in total. The van der Waals surface area contributed by atoms with Crippen molar-refractivity contribution in [1.29, 1.82) is 0 Å². The monoisotopic (exact) mass is 309 g/mol. The van der Waals surface area contributed by atoms with Crippen LogP contribution in [0.4, 0.5) is 10.1 Å². The van der Waals surface area contributed by atoms with Gasteiger partial charge in [0.15, 0.2) is 0 Å². The maximum Gasteiger partial charge on any atom is 0.272 e. The van der Waals surface area contributed by atoms with E-state index in [0.717, 1.165) is 0 Å². The smallest absolute Gasteiger partial charge is 0.272 e. The zero-order valence-corrected chi connectivity index (χ0v) is 12.3. The number of nitrogens with zero attached hydrogens (tertiary/aromatic N) is 1. The Morgan fingerprint density at radius 2 is 1.90 bits per heavy atom. The second kappa shape index (κ2) is 6.10. The Morgan fingerprint density at radius 1 is 1.19 bits per heavy atom. The highest BCUT2D eigenvalue weighted by Crippen LogP contribution is 2.31. The third-order valence-corrected chi connectivity index (χ3v) is 3.31. The number of aryl methyl sites for hydroxylation is 2. The first-order valence-electron chi connectivity index (χ1n) is 6.19. The van der Waals surface area contributed by atoms with E-state index in [0.29, 0.717) is 28.2 Å². The molecule has 0 N–H and O–H groups in total. The third kappa shape index (κ3) is 3.49. The number of ether oxygens (including phenoxy) is 1. The van der Waals surface area contributed by atoms with Gasteiger partial charge in [-0.25, -0.2) is 4.39 Å². The average Bonchev–Trinajstić information content (AvgIpc) is 2.41. The van der Waals surface area contributed by atoms with Crippen LogP contribution in [0.2, 0.25) is 0 Å². The highest BCUT2D eigenvalue weighted by molar-refractivity contribution is 6.17. The van der Waals surface area contributed by atoms with Gasteiger partial charge in [-0.15, -0.1) is 11.6 Å².